The van der Waals surface area contributed by atoms with Gasteiger partial charge < -0.3 is 14.7 Å². The molecule has 2 unspecified atom stereocenters. The van der Waals surface area contributed by atoms with Crippen LogP contribution in [0, 0.1) is 0 Å². The Labute approximate surface area is 181 Å². The number of ketones is 1. The number of carbonyl (C=O) groups excluding carboxylic acids is 1. The Bertz CT molecular complexity index is 959. The van der Waals surface area contributed by atoms with E-state index < -0.39 is 0 Å². The lowest BCUT2D eigenvalue weighted by Gasteiger charge is -2.46. The Morgan fingerprint density at radius 3 is 2.73 bits per heavy atom. The fourth-order valence-electron chi connectivity index (χ4n) is 5.91. The van der Waals surface area contributed by atoms with Crippen molar-refractivity contribution in [2.24, 2.45) is 0 Å². The summed E-state index contributed by atoms with van der Waals surface area (Å²) in [7, 11) is 7.94. The zero-order chi connectivity index (χ0) is 20.9. The van der Waals surface area contributed by atoms with Crippen LogP contribution < -0.4 is 15.3 Å². The third kappa shape index (κ3) is 3.15. The molecule has 30 heavy (non-hydrogen) atoms. The fourth-order valence-corrected chi connectivity index (χ4v) is 5.91. The van der Waals surface area contributed by atoms with Gasteiger partial charge in [-0.1, -0.05) is 48.8 Å². The second kappa shape index (κ2) is 7.45. The number of benzene rings is 2. The molecule has 0 saturated carbocycles. The molecule has 0 aromatic heterocycles. The summed E-state index contributed by atoms with van der Waals surface area (Å²) in [5.41, 5.74) is 6.00. The van der Waals surface area contributed by atoms with Crippen molar-refractivity contribution in [1.82, 2.24) is 4.90 Å². The summed E-state index contributed by atoms with van der Waals surface area (Å²) < 4.78 is 0. The average molecular weight is 399 g/mol. The molecule has 1 fully saturated rings. The van der Waals surface area contributed by atoms with Gasteiger partial charge in [0, 0.05) is 56.7 Å². The Hall–Kier alpha value is -2.27. The van der Waals surface area contributed by atoms with E-state index in [1.54, 1.807) is 12.1 Å². The van der Waals surface area contributed by atoms with E-state index in [0.29, 0.717) is 17.9 Å². The van der Waals surface area contributed by atoms with Crippen LogP contribution in [0.3, 0.4) is 0 Å². The number of Topliss-reactive ketones (excluding diaryl/α,β-unsaturated/α-hetero) is 1. The van der Waals surface area contributed by atoms with Crippen LogP contribution in [0.4, 0.5) is 11.4 Å². The second-order valence-electron chi connectivity index (χ2n) is 9.44. The van der Waals surface area contributed by atoms with Crippen molar-refractivity contribution < 1.29 is 4.79 Å². The van der Waals surface area contributed by atoms with Crippen LogP contribution in [0.15, 0.2) is 42.5 Å². The first-order valence-corrected chi connectivity index (χ1v) is 11.2. The van der Waals surface area contributed by atoms with E-state index in [1.807, 2.05) is 12.1 Å². The molecule has 2 atom stereocenters. The standard InChI is InChI=1S/C25H30BN3O/c1-25-17-28(13-4-7-22(30)18-8-10-19(26)11-9-18)14-12-23(25)29-16-15-27(2)21-6-3-5-20(25)24(21)29/h3,5-6,8-11,23H,4,7,12-17H2,1-2H3. The molecular weight excluding hydrogens is 369 g/mol. The first-order valence-electron chi connectivity index (χ1n) is 11.2. The molecule has 4 nitrogen and oxygen atoms in total. The minimum atomic E-state index is 0.162. The van der Waals surface area contributed by atoms with Crippen molar-refractivity contribution in [2.75, 3.05) is 49.6 Å². The number of piperidine rings is 1. The lowest BCUT2D eigenvalue weighted by molar-refractivity contribution is 0.0963. The third-order valence-electron chi connectivity index (χ3n) is 7.50. The molecule has 5 rings (SSSR count). The van der Waals surface area contributed by atoms with Crippen molar-refractivity contribution in [3.8, 4) is 0 Å². The molecule has 5 heteroatoms. The molecule has 154 valence electrons. The fraction of sp³-hybridized carbons (Fsp3) is 0.480. The van der Waals surface area contributed by atoms with Gasteiger partial charge in [-0.3, -0.25) is 4.79 Å². The van der Waals surface area contributed by atoms with Crippen LogP contribution in [-0.2, 0) is 5.41 Å². The highest BCUT2D eigenvalue weighted by Crippen LogP contribution is 2.53. The minimum Gasteiger partial charge on any atom is -0.371 e. The summed E-state index contributed by atoms with van der Waals surface area (Å²) in [6, 6.07) is 14.7. The zero-order valence-electron chi connectivity index (χ0n) is 18.1. The van der Waals surface area contributed by atoms with Gasteiger partial charge in [0.05, 0.1) is 11.4 Å². The summed E-state index contributed by atoms with van der Waals surface area (Å²) >= 11 is 0. The van der Waals surface area contributed by atoms with Gasteiger partial charge in [-0.05, 0) is 31.0 Å². The number of rotatable bonds is 5. The largest absolute Gasteiger partial charge is 0.371 e. The number of anilines is 2. The highest BCUT2D eigenvalue weighted by Gasteiger charge is 2.52. The Balaban J connectivity index is 1.26. The van der Waals surface area contributed by atoms with Crippen molar-refractivity contribution in [3.05, 3.63) is 53.6 Å². The molecular formula is C25H30BN3O. The molecule has 2 aromatic rings. The van der Waals surface area contributed by atoms with Crippen LogP contribution >= 0.6 is 0 Å². The van der Waals surface area contributed by atoms with E-state index in [4.69, 9.17) is 7.85 Å². The summed E-state index contributed by atoms with van der Waals surface area (Å²) in [6.07, 6.45) is 2.70. The molecule has 0 spiro atoms. The zero-order valence-corrected chi connectivity index (χ0v) is 18.1. The lowest BCUT2D eigenvalue weighted by Crippen LogP contribution is -2.56. The first kappa shape index (κ1) is 19.7. The Morgan fingerprint density at radius 1 is 1.13 bits per heavy atom. The normalized spacial score (nSPS) is 25.2. The number of hydrogen-bond acceptors (Lipinski definition) is 4. The van der Waals surface area contributed by atoms with Gasteiger partial charge in [0.15, 0.2) is 5.78 Å². The van der Waals surface area contributed by atoms with Crippen LogP contribution in [0.5, 0.6) is 0 Å². The predicted molar refractivity (Wildman–Crippen MR) is 125 cm³/mol. The molecule has 0 aliphatic carbocycles. The molecule has 3 aliphatic heterocycles. The number of likely N-dealkylation sites (N-methyl/N-ethyl adjacent to an activating group) is 1. The number of fused-ring (bicyclic) bond motifs is 3. The van der Waals surface area contributed by atoms with Gasteiger partial charge in [-0.15, -0.1) is 0 Å². The average Bonchev–Trinajstić information content (AvgIpc) is 3.00. The maximum Gasteiger partial charge on any atom is 0.162 e. The molecule has 3 aliphatic rings. The molecule has 0 N–H and O–H groups in total. The van der Waals surface area contributed by atoms with Crippen LogP contribution in [0.25, 0.3) is 0 Å². The van der Waals surface area contributed by atoms with Crippen molar-refractivity contribution >= 4 is 30.5 Å². The van der Waals surface area contributed by atoms with Gasteiger partial charge >= 0.3 is 0 Å². The smallest absolute Gasteiger partial charge is 0.162 e. The van der Waals surface area contributed by atoms with Crippen LogP contribution in [-0.4, -0.2) is 64.3 Å². The number of para-hydroxylation sites is 1. The molecule has 3 heterocycles. The third-order valence-corrected chi connectivity index (χ3v) is 7.50. The van der Waals surface area contributed by atoms with E-state index in [-0.39, 0.29) is 11.2 Å². The van der Waals surface area contributed by atoms with E-state index >= 15 is 0 Å². The van der Waals surface area contributed by atoms with Gasteiger partial charge in [-0.2, -0.15) is 0 Å². The first-order chi connectivity index (χ1) is 14.5. The monoisotopic (exact) mass is 399 g/mol. The summed E-state index contributed by atoms with van der Waals surface area (Å²) in [4.78, 5) is 20.2. The Kier molecular flexibility index (Phi) is 4.89. The lowest BCUT2D eigenvalue weighted by atomic mass is 9.74. The maximum atomic E-state index is 12.5. The van der Waals surface area contributed by atoms with Gasteiger partial charge in [0.25, 0.3) is 0 Å². The number of hydrogen-bond donors (Lipinski definition) is 0. The minimum absolute atomic E-state index is 0.162. The van der Waals surface area contributed by atoms with Gasteiger partial charge in [-0.25, -0.2) is 0 Å². The second-order valence-corrected chi connectivity index (χ2v) is 9.44. The summed E-state index contributed by atoms with van der Waals surface area (Å²) in [5.74, 6) is 0.215. The van der Waals surface area contributed by atoms with E-state index in [1.165, 1.54) is 23.4 Å². The van der Waals surface area contributed by atoms with E-state index in [0.717, 1.165) is 44.7 Å². The maximum absolute atomic E-state index is 12.5. The van der Waals surface area contributed by atoms with Gasteiger partial charge in [0.1, 0.15) is 7.85 Å². The Morgan fingerprint density at radius 2 is 1.93 bits per heavy atom. The molecule has 0 bridgehead atoms. The summed E-state index contributed by atoms with van der Waals surface area (Å²) in [6.45, 7) is 7.85. The topological polar surface area (TPSA) is 26.8 Å². The summed E-state index contributed by atoms with van der Waals surface area (Å²) in [5, 5.41) is 0. The van der Waals surface area contributed by atoms with Crippen molar-refractivity contribution in [2.45, 2.75) is 37.6 Å². The van der Waals surface area contributed by atoms with E-state index in [9.17, 15) is 4.79 Å². The molecule has 0 amide bonds. The molecule has 2 aromatic carbocycles. The van der Waals surface area contributed by atoms with E-state index in [2.05, 4.69) is 46.9 Å². The number of likely N-dealkylation sites (tertiary alicyclic amines) is 1. The number of nitrogens with zero attached hydrogens (tertiary/aromatic N) is 3. The van der Waals surface area contributed by atoms with Crippen molar-refractivity contribution in [1.29, 1.82) is 0 Å². The van der Waals surface area contributed by atoms with Crippen LogP contribution in [0.2, 0.25) is 0 Å². The predicted octanol–water partition coefficient (Wildman–Crippen LogP) is 2.75. The van der Waals surface area contributed by atoms with Gasteiger partial charge in [0.2, 0.25) is 0 Å². The SMILES string of the molecule is [B]c1ccc(C(=O)CCCN2CCC3N4CCN(C)c5cccc(c54)C3(C)C2)cc1. The molecule has 1 saturated heterocycles. The quantitative estimate of drug-likeness (QED) is 0.571. The molecule has 2 radical (unpaired) electrons. The highest BCUT2D eigenvalue weighted by atomic mass is 16.1. The number of carbonyl (C=O) groups is 1. The highest BCUT2D eigenvalue weighted by molar-refractivity contribution is 6.32. The van der Waals surface area contributed by atoms with Crippen molar-refractivity contribution in [3.63, 3.8) is 0 Å². The van der Waals surface area contributed by atoms with Crippen LogP contribution in [0.1, 0.15) is 42.1 Å².